The van der Waals surface area contributed by atoms with Gasteiger partial charge in [-0.05, 0) is 100 Å². The van der Waals surface area contributed by atoms with Gasteiger partial charge in [0.1, 0.15) is 12.2 Å². The summed E-state index contributed by atoms with van der Waals surface area (Å²) in [6.07, 6.45) is 9.40. The fraction of sp³-hybridized carbons (Fsp3) is 0.750. The van der Waals surface area contributed by atoms with Gasteiger partial charge in [0.2, 0.25) is 0 Å². The van der Waals surface area contributed by atoms with Crippen LogP contribution in [-0.2, 0) is 19.1 Å². The number of benzene rings is 1. The first-order valence-electron chi connectivity index (χ1n) is 15.2. The second kappa shape index (κ2) is 16.2. The molecule has 0 aromatic heterocycles. The lowest BCUT2D eigenvalue weighted by molar-refractivity contribution is -0.157. The molecule has 0 saturated heterocycles. The first-order chi connectivity index (χ1) is 18.4. The van der Waals surface area contributed by atoms with Gasteiger partial charge in [-0.15, -0.1) is 0 Å². The summed E-state index contributed by atoms with van der Waals surface area (Å²) in [5.74, 6) is -0.499. The van der Waals surface area contributed by atoms with E-state index < -0.39 is 24.3 Å². The molecule has 0 aliphatic heterocycles. The van der Waals surface area contributed by atoms with Crippen LogP contribution in [0.4, 0.5) is 8.78 Å². The number of rotatable bonds is 14. The van der Waals surface area contributed by atoms with E-state index in [1.807, 2.05) is 0 Å². The van der Waals surface area contributed by atoms with E-state index in [1.165, 1.54) is 11.1 Å². The van der Waals surface area contributed by atoms with Crippen molar-refractivity contribution >= 4 is 11.9 Å². The molecule has 2 fully saturated rings. The lowest BCUT2D eigenvalue weighted by Gasteiger charge is -2.30. The predicted molar refractivity (Wildman–Crippen MR) is 147 cm³/mol. The maximum atomic E-state index is 14.1. The van der Waals surface area contributed by atoms with Gasteiger partial charge in [-0.1, -0.05) is 63.8 Å². The van der Waals surface area contributed by atoms with E-state index in [4.69, 9.17) is 9.47 Å². The van der Waals surface area contributed by atoms with Gasteiger partial charge in [0.25, 0.3) is 0 Å². The van der Waals surface area contributed by atoms with Crippen molar-refractivity contribution in [3.8, 4) is 0 Å². The monoisotopic (exact) mass is 534 g/mol. The number of unbranched alkanes of at least 4 members (excludes halogenated alkanes) is 4. The van der Waals surface area contributed by atoms with Crippen molar-refractivity contribution in [2.24, 2.45) is 0 Å². The first kappa shape index (κ1) is 30.6. The Morgan fingerprint density at radius 3 is 1.32 bits per heavy atom. The molecule has 6 heteroatoms. The summed E-state index contributed by atoms with van der Waals surface area (Å²) >= 11 is 0. The molecule has 0 heterocycles. The molecule has 1 aromatic carbocycles. The van der Waals surface area contributed by atoms with Gasteiger partial charge < -0.3 is 9.47 Å². The Morgan fingerprint density at radius 1 is 0.658 bits per heavy atom. The second-order valence-corrected chi connectivity index (χ2v) is 11.4. The number of carbonyl (C=O) groups excluding carboxylic acids is 2. The highest BCUT2D eigenvalue weighted by molar-refractivity contribution is 5.75. The molecule has 2 atom stereocenters. The van der Waals surface area contributed by atoms with Crippen LogP contribution in [0.15, 0.2) is 24.3 Å². The topological polar surface area (TPSA) is 52.6 Å². The Morgan fingerprint density at radius 2 is 1.00 bits per heavy atom. The minimum absolute atomic E-state index is 0.171. The van der Waals surface area contributed by atoms with Crippen LogP contribution in [0.1, 0.15) is 140 Å². The lowest BCUT2D eigenvalue weighted by atomic mass is 9.80. The van der Waals surface area contributed by atoms with E-state index in [-0.39, 0.29) is 25.0 Å². The molecule has 3 rings (SSSR count). The van der Waals surface area contributed by atoms with Gasteiger partial charge >= 0.3 is 11.9 Å². The highest BCUT2D eigenvalue weighted by Crippen LogP contribution is 2.37. The van der Waals surface area contributed by atoms with Gasteiger partial charge in [-0.25, -0.2) is 18.4 Å². The third kappa shape index (κ3) is 9.64. The van der Waals surface area contributed by atoms with Crippen LogP contribution in [0.2, 0.25) is 0 Å². The van der Waals surface area contributed by atoms with Crippen molar-refractivity contribution in [3.63, 3.8) is 0 Å². The summed E-state index contributed by atoms with van der Waals surface area (Å²) in [6, 6.07) is 8.86. The van der Waals surface area contributed by atoms with Crippen LogP contribution >= 0.6 is 0 Å². The smallest absolute Gasteiger partial charge is 0.340 e. The van der Waals surface area contributed by atoms with Crippen molar-refractivity contribution < 1.29 is 27.8 Å². The number of hydrogen-bond donors (Lipinski definition) is 0. The van der Waals surface area contributed by atoms with Crippen molar-refractivity contribution in [1.82, 2.24) is 0 Å². The van der Waals surface area contributed by atoms with Crippen LogP contribution in [0.25, 0.3) is 0 Å². The zero-order chi connectivity index (χ0) is 27.3. The lowest BCUT2D eigenvalue weighted by Crippen LogP contribution is -2.28. The minimum Gasteiger partial charge on any atom is -0.460 e. The average molecular weight is 535 g/mol. The zero-order valence-electron chi connectivity index (χ0n) is 23.5. The Kier molecular flexibility index (Phi) is 13.0. The van der Waals surface area contributed by atoms with Crippen LogP contribution in [0, 0.1) is 0 Å². The summed E-state index contributed by atoms with van der Waals surface area (Å²) in [7, 11) is 0. The number of hydrogen-bond acceptors (Lipinski definition) is 4. The third-order valence-electron chi connectivity index (χ3n) is 8.43. The maximum Gasteiger partial charge on any atom is 0.340 e. The molecule has 0 radical (unpaired) electrons. The highest BCUT2D eigenvalue weighted by atomic mass is 19.1. The van der Waals surface area contributed by atoms with E-state index in [0.717, 1.165) is 89.9 Å². The molecule has 0 unspecified atom stereocenters. The van der Waals surface area contributed by atoms with Crippen LogP contribution < -0.4 is 0 Å². The quantitative estimate of drug-likeness (QED) is 0.177. The number of alkyl halides is 2. The molecule has 2 aliphatic carbocycles. The minimum atomic E-state index is -1.50. The molecule has 0 bridgehead atoms. The van der Waals surface area contributed by atoms with Gasteiger partial charge in [0, 0.05) is 0 Å². The SMILES string of the molecule is CCCCC[C@H](F)C(=O)OC1CCC(c2ccc(C3CCC(OC(=O)[C@@H](F)CCCCC)CC3)cc2)CC1. The van der Waals surface area contributed by atoms with E-state index in [2.05, 4.69) is 38.1 Å². The number of esters is 2. The van der Waals surface area contributed by atoms with E-state index >= 15 is 0 Å². The molecule has 0 amide bonds. The average Bonchev–Trinajstić information content (AvgIpc) is 2.94. The number of ether oxygens (including phenoxy) is 2. The standard InChI is InChI=1S/C32H48F2O4/c1-3-5-7-9-29(33)31(35)37-27-19-15-25(16-20-27)23-11-13-24(14-12-23)26-17-21-28(22-18-26)38-32(36)30(34)10-8-6-4-2/h11-14,25-30H,3-10,15-22H2,1-2H3/t25?,26?,27?,28?,29-,30-/m0/s1. The molecule has 0 spiro atoms. The Hall–Kier alpha value is -1.98. The molecule has 38 heavy (non-hydrogen) atoms. The van der Waals surface area contributed by atoms with Crippen molar-refractivity contribution in [2.45, 2.75) is 153 Å². The highest BCUT2D eigenvalue weighted by Gasteiger charge is 2.30. The first-order valence-corrected chi connectivity index (χ1v) is 15.2. The second-order valence-electron chi connectivity index (χ2n) is 11.4. The summed E-state index contributed by atoms with van der Waals surface area (Å²) in [4.78, 5) is 24.1. The largest absolute Gasteiger partial charge is 0.460 e. The Balaban J connectivity index is 1.37. The normalized spacial score (nSPS) is 25.4. The van der Waals surface area contributed by atoms with Gasteiger partial charge in [0.05, 0.1) is 0 Å². The molecular weight excluding hydrogens is 486 g/mol. The summed E-state index contributed by atoms with van der Waals surface area (Å²) in [5, 5.41) is 0. The maximum absolute atomic E-state index is 14.1. The molecule has 1 aromatic rings. The summed E-state index contributed by atoms with van der Waals surface area (Å²) in [6.45, 7) is 4.12. The van der Waals surface area contributed by atoms with Crippen molar-refractivity contribution in [2.75, 3.05) is 0 Å². The number of carbonyl (C=O) groups is 2. The van der Waals surface area contributed by atoms with E-state index in [1.54, 1.807) is 0 Å². The van der Waals surface area contributed by atoms with Crippen LogP contribution in [0.3, 0.4) is 0 Å². The van der Waals surface area contributed by atoms with Crippen LogP contribution in [0.5, 0.6) is 0 Å². The Labute approximate surface area is 228 Å². The molecule has 214 valence electrons. The summed E-state index contributed by atoms with van der Waals surface area (Å²) < 4.78 is 39.1. The molecule has 4 nitrogen and oxygen atoms in total. The predicted octanol–water partition coefficient (Wildman–Crippen LogP) is 8.66. The third-order valence-corrected chi connectivity index (χ3v) is 8.43. The molecular formula is C32H48F2O4. The van der Waals surface area contributed by atoms with Gasteiger partial charge in [-0.2, -0.15) is 0 Å². The van der Waals surface area contributed by atoms with Crippen molar-refractivity contribution in [3.05, 3.63) is 35.4 Å². The summed E-state index contributed by atoms with van der Waals surface area (Å²) in [5.41, 5.74) is 2.61. The molecule has 2 aliphatic rings. The van der Waals surface area contributed by atoms with E-state index in [0.29, 0.717) is 11.8 Å². The van der Waals surface area contributed by atoms with Crippen molar-refractivity contribution in [1.29, 1.82) is 0 Å². The van der Waals surface area contributed by atoms with Gasteiger partial charge in [0.15, 0.2) is 12.3 Å². The number of halogens is 2. The van der Waals surface area contributed by atoms with E-state index in [9.17, 15) is 18.4 Å². The zero-order valence-corrected chi connectivity index (χ0v) is 23.5. The van der Waals surface area contributed by atoms with Crippen LogP contribution in [-0.4, -0.2) is 36.5 Å². The van der Waals surface area contributed by atoms with Gasteiger partial charge in [-0.3, -0.25) is 0 Å². The Bertz CT molecular complexity index is 757. The fourth-order valence-electron chi connectivity index (χ4n) is 5.93. The molecule has 2 saturated carbocycles. The fourth-order valence-corrected chi connectivity index (χ4v) is 5.93. The molecule has 0 N–H and O–H groups in total.